The lowest BCUT2D eigenvalue weighted by Gasteiger charge is -2.41. The molecule has 2 rings (SSSR count). The maximum Gasteiger partial charge on any atom is 0.390 e. The van der Waals surface area contributed by atoms with E-state index in [1.165, 1.54) is 6.92 Å². The Kier molecular flexibility index (Phi) is 4.88. The molecule has 1 aliphatic heterocycles. The van der Waals surface area contributed by atoms with Gasteiger partial charge in [-0.05, 0) is 5.56 Å². The summed E-state index contributed by atoms with van der Waals surface area (Å²) in [5, 5.41) is 0. The Hall–Kier alpha value is -1.56. The van der Waals surface area contributed by atoms with Crippen molar-refractivity contribution in [2.24, 2.45) is 0 Å². The molecule has 0 N–H and O–H groups in total. The van der Waals surface area contributed by atoms with E-state index in [9.17, 15) is 18.0 Å². The van der Waals surface area contributed by atoms with Crippen LogP contribution in [0.1, 0.15) is 24.9 Å². The van der Waals surface area contributed by atoms with E-state index in [-0.39, 0.29) is 18.5 Å². The third-order valence-electron chi connectivity index (χ3n) is 3.80. The van der Waals surface area contributed by atoms with E-state index in [4.69, 9.17) is 0 Å². The first-order valence-corrected chi connectivity index (χ1v) is 6.98. The molecule has 1 fully saturated rings. The molecule has 1 aromatic rings. The van der Waals surface area contributed by atoms with Crippen LogP contribution in [-0.2, 0) is 4.79 Å². The number of carbonyl (C=O) groups excluding carboxylic acids is 1. The molecule has 21 heavy (non-hydrogen) atoms. The molecule has 0 saturated carbocycles. The van der Waals surface area contributed by atoms with Crippen molar-refractivity contribution in [3.8, 4) is 0 Å². The lowest BCUT2D eigenvalue weighted by Crippen LogP contribution is -2.50. The van der Waals surface area contributed by atoms with Gasteiger partial charge in [-0.25, -0.2) is 0 Å². The van der Waals surface area contributed by atoms with Gasteiger partial charge in [0.1, 0.15) is 0 Å². The van der Waals surface area contributed by atoms with Crippen LogP contribution in [0.3, 0.4) is 0 Å². The summed E-state index contributed by atoms with van der Waals surface area (Å²) in [6.07, 6.45) is -4.98. The highest BCUT2D eigenvalue weighted by molar-refractivity contribution is 5.73. The van der Waals surface area contributed by atoms with Gasteiger partial charge in [-0.2, -0.15) is 13.2 Å². The Bertz CT molecular complexity index is 476. The van der Waals surface area contributed by atoms with Gasteiger partial charge in [0.2, 0.25) is 5.91 Å². The predicted molar refractivity (Wildman–Crippen MR) is 73.7 cm³/mol. The Morgan fingerprint density at radius 3 is 2.48 bits per heavy atom. The number of carbonyl (C=O) groups is 1. The number of benzene rings is 1. The van der Waals surface area contributed by atoms with Crippen molar-refractivity contribution in [3.63, 3.8) is 0 Å². The molecule has 1 saturated heterocycles. The predicted octanol–water partition coefficient (Wildman–Crippen LogP) is 2.84. The summed E-state index contributed by atoms with van der Waals surface area (Å²) in [7, 11) is 0. The standard InChI is InChI=1S/C15H19F3N2O/c1-12(21)20-10-9-19(8-7-15(16,17)18)14(11-20)13-5-3-2-4-6-13/h2-6,14H,7-11H2,1H3/t14-/m0/s1. The summed E-state index contributed by atoms with van der Waals surface area (Å²) in [5.41, 5.74) is 0.950. The van der Waals surface area contributed by atoms with Crippen molar-refractivity contribution >= 4 is 5.91 Å². The van der Waals surface area contributed by atoms with Gasteiger partial charge in [-0.15, -0.1) is 0 Å². The molecule has 1 aliphatic rings. The molecule has 0 radical (unpaired) electrons. The largest absolute Gasteiger partial charge is 0.390 e. The number of piperazine rings is 1. The minimum absolute atomic E-state index is 0.0329. The van der Waals surface area contributed by atoms with Crippen LogP contribution < -0.4 is 0 Å². The lowest BCUT2D eigenvalue weighted by atomic mass is 10.0. The second-order valence-electron chi connectivity index (χ2n) is 5.29. The molecule has 1 heterocycles. The molecule has 1 atom stereocenters. The molecule has 1 amide bonds. The van der Waals surface area contributed by atoms with Crippen LogP contribution in [0.5, 0.6) is 0 Å². The normalized spacial score (nSPS) is 20.6. The smallest absolute Gasteiger partial charge is 0.340 e. The van der Waals surface area contributed by atoms with Crippen LogP contribution in [-0.4, -0.2) is 48.1 Å². The quantitative estimate of drug-likeness (QED) is 0.857. The second-order valence-corrected chi connectivity index (χ2v) is 5.29. The van der Waals surface area contributed by atoms with Gasteiger partial charge in [0.05, 0.1) is 12.5 Å². The minimum Gasteiger partial charge on any atom is -0.340 e. The fourth-order valence-electron chi connectivity index (χ4n) is 2.64. The Morgan fingerprint density at radius 2 is 1.90 bits per heavy atom. The number of rotatable bonds is 3. The minimum atomic E-state index is -4.15. The zero-order valence-corrected chi connectivity index (χ0v) is 11.9. The van der Waals surface area contributed by atoms with Crippen LogP contribution in [0.15, 0.2) is 30.3 Å². The summed E-state index contributed by atoms with van der Waals surface area (Å²) < 4.78 is 37.4. The molecule has 1 aromatic carbocycles. The highest BCUT2D eigenvalue weighted by Crippen LogP contribution is 2.28. The Labute approximate surface area is 122 Å². The van der Waals surface area contributed by atoms with Gasteiger partial charge in [0.15, 0.2) is 0 Å². The molecule has 3 nitrogen and oxygen atoms in total. The van der Waals surface area contributed by atoms with E-state index in [2.05, 4.69) is 0 Å². The number of alkyl halides is 3. The zero-order chi connectivity index (χ0) is 15.5. The lowest BCUT2D eigenvalue weighted by molar-refractivity contribution is -0.143. The number of hydrogen-bond acceptors (Lipinski definition) is 2. The monoisotopic (exact) mass is 300 g/mol. The van der Waals surface area contributed by atoms with Crippen LogP contribution in [0.25, 0.3) is 0 Å². The van der Waals surface area contributed by atoms with E-state index >= 15 is 0 Å². The van der Waals surface area contributed by atoms with E-state index in [0.29, 0.717) is 19.6 Å². The first-order chi connectivity index (χ1) is 9.87. The molecule has 0 aliphatic carbocycles. The highest BCUT2D eigenvalue weighted by Gasteiger charge is 2.33. The number of nitrogens with zero attached hydrogens (tertiary/aromatic N) is 2. The molecular weight excluding hydrogens is 281 g/mol. The summed E-state index contributed by atoms with van der Waals surface area (Å²) in [4.78, 5) is 15.0. The third kappa shape index (κ3) is 4.46. The van der Waals surface area contributed by atoms with Gasteiger partial charge in [0.25, 0.3) is 0 Å². The maximum absolute atomic E-state index is 12.5. The van der Waals surface area contributed by atoms with Crippen LogP contribution in [0.4, 0.5) is 13.2 Å². The van der Waals surface area contributed by atoms with Crippen molar-refractivity contribution in [2.45, 2.75) is 25.6 Å². The maximum atomic E-state index is 12.5. The molecule has 0 unspecified atom stereocenters. The molecule has 116 valence electrons. The Balaban J connectivity index is 2.13. The topological polar surface area (TPSA) is 23.6 Å². The van der Waals surface area contributed by atoms with Crippen LogP contribution >= 0.6 is 0 Å². The van der Waals surface area contributed by atoms with Gasteiger partial charge in [-0.3, -0.25) is 9.69 Å². The number of halogens is 3. The molecule has 0 spiro atoms. The third-order valence-corrected chi connectivity index (χ3v) is 3.80. The van der Waals surface area contributed by atoms with E-state index in [1.807, 2.05) is 35.2 Å². The van der Waals surface area contributed by atoms with E-state index < -0.39 is 12.6 Å². The van der Waals surface area contributed by atoms with Gasteiger partial charge >= 0.3 is 6.18 Å². The van der Waals surface area contributed by atoms with Gasteiger partial charge < -0.3 is 4.90 Å². The molecule has 6 heteroatoms. The van der Waals surface area contributed by atoms with Gasteiger partial charge in [-0.1, -0.05) is 30.3 Å². The molecule has 0 aromatic heterocycles. The summed E-state index contributed by atoms with van der Waals surface area (Å²) >= 11 is 0. The zero-order valence-electron chi connectivity index (χ0n) is 11.9. The average molecular weight is 300 g/mol. The molecule has 0 bridgehead atoms. The van der Waals surface area contributed by atoms with Crippen LogP contribution in [0, 0.1) is 0 Å². The summed E-state index contributed by atoms with van der Waals surface area (Å²) in [6, 6.07) is 9.22. The molecular formula is C15H19F3N2O. The first kappa shape index (κ1) is 15.8. The fourth-order valence-corrected chi connectivity index (χ4v) is 2.64. The van der Waals surface area contributed by atoms with Crippen molar-refractivity contribution in [3.05, 3.63) is 35.9 Å². The van der Waals surface area contributed by atoms with Crippen molar-refractivity contribution < 1.29 is 18.0 Å². The first-order valence-electron chi connectivity index (χ1n) is 6.98. The fraction of sp³-hybridized carbons (Fsp3) is 0.533. The van der Waals surface area contributed by atoms with Crippen molar-refractivity contribution in [1.82, 2.24) is 9.80 Å². The van der Waals surface area contributed by atoms with Gasteiger partial charge in [0, 0.05) is 33.1 Å². The van der Waals surface area contributed by atoms with E-state index in [1.54, 1.807) is 4.90 Å². The van der Waals surface area contributed by atoms with Crippen LogP contribution in [0.2, 0.25) is 0 Å². The Morgan fingerprint density at radius 1 is 1.24 bits per heavy atom. The van der Waals surface area contributed by atoms with Crippen molar-refractivity contribution in [2.75, 3.05) is 26.2 Å². The SMILES string of the molecule is CC(=O)N1CCN(CCC(F)(F)F)[C@H](c2ccccc2)C1. The summed E-state index contributed by atoms with van der Waals surface area (Å²) in [5.74, 6) is -0.0357. The second kappa shape index (κ2) is 6.47. The number of amides is 1. The summed E-state index contributed by atoms with van der Waals surface area (Å²) in [6.45, 7) is 2.85. The highest BCUT2D eigenvalue weighted by atomic mass is 19.4. The van der Waals surface area contributed by atoms with Crippen molar-refractivity contribution in [1.29, 1.82) is 0 Å². The van der Waals surface area contributed by atoms with E-state index in [0.717, 1.165) is 5.56 Å². The average Bonchev–Trinajstić information content (AvgIpc) is 2.45. The number of hydrogen-bond donors (Lipinski definition) is 0.